The summed E-state index contributed by atoms with van der Waals surface area (Å²) in [4.78, 5) is 15.8. The maximum absolute atomic E-state index is 11.7. The number of nitrogens with zero attached hydrogens (tertiary/aromatic N) is 1. The molecule has 1 amide bonds. The first-order valence-electron chi connectivity index (χ1n) is 6.15. The molecule has 3 N–H and O–H groups in total. The number of aryl methyl sites for hydroxylation is 1. The number of hydrogen-bond acceptors (Lipinski definition) is 3. The molecule has 94 valence electrons. The largest absolute Gasteiger partial charge is 0.352 e. The molecule has 0 fully saturated rings. The van der Waals surface area contributed by atoms with E-state index < -0.39 is 0 Å². The van der Waals surface area contributed by atoms with Gasteiger partial charge < -0.3 is 11.1 Å². The summed E-state index contributed by atoms with van der Waals surface area (Å²) in [6.07, 6.45) is 5.93. The van der Waals surface area contributed by atoms with Crippen molar-refractivity contribution in [3.8, 4) is 0 Å². The average Bonchev–Trinajstić information content (AvgIpc) is 2.34. The minimum Gasteiger partial charge on any atom is -0.352 e. The van der Waals surface area contributed by atoms with E-state index in [1.165, 1.54) is 0 Å². The maximum Gasteiger partial charge on any atom is 0.252 e. The predicted molar refractivity (Wildman–Crippen MR) is 68.8 cm³/mol. The zero-order chi connectivity index (χ0) is 12.5. The number of pyridine rings is 1. The van der Waals surface area contributed by atoms with Crippen molar-refractivity contribution in [3.05, 3.63) is 29.6 Å². The lowest BCUT2D eigenvalue weighted by Crippen LogP contribution is -2.24. The van der Waals surface area contributed by atoms with E-state index in [9.17, 15) is 4.79 Å². The van der Waals surface area contributed by atoms with Crippen LogP contribution in [0.5, 0.6) is 0 Å². The fourth-order valence-corrected chi connectivity index (χ4v) is 1.53. The molecule has 0 bridgehead atoms. The first kappa shape index (κ1) is 13.6. The van der Waals surface area contributed by atoms with Gasteiger partial charge in [-0.2, -0.15) is 0 Å². The lowest BCUT2D eigenvalue weighted by Gasteiger charge is -2.05. The lowest BCUT2D eigenvalue weighted by molar-refractivity contribution is 0.0952. The molecule has 0 saturated heterocycles. The number of hydrogen-bond donors (Lipinski definition) is 2. The zero-order valence-electron chi connectivity index (χ0n) is 10.4. The van der Waals surface area contributed by atoms with Crippen molar-refractivity contribution in [3.63, 3.8) is 0 Å². The van der Waals surface area contributed by atoms with Gasteiger partial charge in [0.2, 0.25) is 0 Å². The van der Waals surface area contributed by atoms with E-state index in [0.717, 1.165) is 44.5 Å². The minimum atomic E-state index is -0.0451. The summed E-state index contributed by atoms with van der Waals surface area (Å²) in [6, 6.07) is 3.64. The molecule has 4 heteroatoms. The average molecular weight is 235 g/mol. The molecule has 0 aliphatic carbocycles. The molecule has 0 saturated carbocycles. The van der Waals surface area contributed by atoms with Gasteiger partial charge in [0.25, 0.3) is 5.91 Å². The monoisotopic (exact) mass is 235 g/mol. The number of rotatable bonds is 7. The van der Waals surface area contributed by atoms with Gasteiger partial charge in [0, 0.05) is 18.4 Å². The highest BCUT2D eigenvalue weighted by Gasteiger charge is 2.03. The zero-order valence-corrected chi connectivity index (χ0v) is 10.4. The Kier molecular flexibility index (Phi) is 6.25. The fraction of sp³-hybridized carbons (Fsp3) is 0.538. The Balaban J connectivity index is 2.19. The van der Waals surface area contributed by atoms with Crippen molar-refractivity contribution in [2.24, 2.45) is 5.73 Å². The van der Waals surface area contributed by atoms with E-state index >= 15 is 0 Å². The second kappa shape index (κ2) is 7.79. The topological polar surface area (TPSA) is 68.0 Å². The van der Waals surface area contributed by atoms with Gasteiger partial charge in [0.05, 0.1) is 5.56 Å². The van der Waals surface area contributed by atoms with E-state index in [4.69, 9.17) is 5.73 Å². The van der Waals surface area contributed by atoms with E-state index in [1.54, 1.807) is 12.3 Å². The summed E-state index contributed by atoms with van der Waals surface area (Å²) < 4.78 is 0. The second-order valence-corrected chi connectivity index (χ2v) is 4.15. The van der Waals surface area contributed by atoms with Gasteiger partial charge in [0.15, 0.2) is 0 Å². The third-order valence-corrected chi connectivity index (χ3v) is 2.59. The van der Waals surface area contributed by atoms with Gasteiger partial charge in [-0.1, -0.05) is 12.8 Å². The van der Waals surface area contributed by atoms with Crippen LogP contribution in [0.1, 0.15) is 41.7 Å². The molecule has 4 nitrogen and oxygen atoms in total. The van der Waals surface area contributed by atoms with Gasteiger partial charge in [-0.05, 0) is 38.4 Å². The van der Waals surface area contributed by atoms with Crippen LogP contribution in [0.4, 0.5) is 0 Å². The summed E-state index contributed by atoms with van der Waals surface area (Å²) in [5.74, 6) is -0.0451. The van der Waals surface area contributed by atoms with Gasteiger partial charge in [-0.3, -0.25) is 9.78 Å². The van der Waals surface area contributed by atoms with Crippen LogP contribution in [-0.2, 0) is 0 Å². The number of unbranched alkanes of at least 4 members (excludes halogenated alkanes) is 3. The third kappa shape index (κ3) is 5.45. The number of nitrogens with two attached hydrogens (primary N) is 1. The van der Waals surface area contributed by atoms with Crippen LogP contribution in [0.3, 0.4) is 0 Å². The first-order valence-corrected chi connectivity index (χ1v) is 6.15. The van der Waals surface area contributed by atoms with Gasteiger partial charge >= 0.3 is 0 Å². The molecular weight excluding hydrogens is 214 g/mol. The van der Waals surface area contributed by atoms with Crippen LogP contribution in [0.2, 0.25) is 0 Å². The van der Waals surface area contributed by atoms with Crippen LogP contribution >= 0.6 is 0 Å². The van der Waals surface area contributed by atoms with Crippen molar-refractivity contribution in [2.45, 2.75) is 32.6 Å². The molecule has 1 aromatic heterocycles. The van der Waals surface area contributed by atoms with Gasteiger partial charge in [-0.25, -0.2) is 0 Å². The SMILES string of the molecule is Cc1ccc(C(=O)NCCCCCCN)cn1. The van der Waals surface area contributed by atoms with Gasteiger partial charge in [0.1, 0.15) is 0 Å². The molecule has 17 heavy (non-hydrogen) atoms. The first-order chi connectivity index (χ1) is 8.24. The van der Waals surface area contributed by atoms with E-state index in [0.29, 0.717) is 5.56 Å². The smallest absolute Gasteiger partial charge is 0.252 e. The van der Waals surface area contributed by atoms with Crippen LogP contribution in [0.25, 0.3) is 0 Å². The maximum atomic E-state index is 11.7. The second-order valence-electron chi connectivity index (χ2n) is 4.15. The van der Waals surface area contributed by atoms with Crippen LogP contribution < -0.4 is 11.1 Å². The molecule has 0 aromatic carbocycles. The summed E-state index contributed by atoms with van der Waals surface area (Å²) in [5, 5.41) is 2.89. The highest BCUT2D eigenvalue weighted by molar-refractivity contribution is 5.93. The van der Waals surface area contributed by atoms with Crippen molar-refractivity contribution >= 4 is 5.91 Å². The summed E-state index contributed by atoms with van der Waals surface area (Å²) in [6.45, 7) is 3.37. The van der Waals surface area contributed by atoms with Crippen molar-refractivity contribution in [1.29, 1.82) is 0 Å². The number of amides is 1. The van der Waals surface area contributed by atoms with Crippen molar-refractivity contribution < 1.29 is 4.79 Å². The number of carbonyl (C=O) groups excluding carboxylic acids is 1. The Bertz CT molecular complexity index is 335. The number of aromatic nitrogens is 1. The summed E-state index contributed by atoms with van der Waals surface area (Å²) >= 11 is 0. The summed E-state index contributed by atoms with van der Waals surface area (Å²) in [5.41, 5.74) is 6.95. The number of nitrogens with one attached hydrogen (secondary N) is 1. The Morgan fingerprint density at radius 3 is 2.71 bits per heavy atom. The van der Waals surface area contributed by atoms with E-state index in [2.05, 4.69) is 10.3 Å². The minimum absolute atomic E-state index is 0.0451. The normalized spacial score (nSPS) is 10.2. The van der Waals surface area contributed by atoms with Crippen molar-refractivity contribution in [1.82, 2.24) is 10.3 Å². The van der Waals surface area contributed by atoms with Crippen LogP contribution in [0.15, 0.2) is 18.3 Å². The Morgan fingerprint density at radius 1 is 1.29 bits per heavy atom. The summed E-state index contributed by atoms with van der Waals surface area (Å²) in [7, 11) is 0. The Labute approximate surface area is 103 Å². The molecule has 0 aliphatic rings. The number of carbonyl (C=O) groups is 1. The fourth-order valence-electron chi connectivity index (χ4n) is 1.53. The molecule has 0 aliphatic heterocycles. The van der Waals surface area contributed by atoms with E-state index in [-0.39, 0.29) is 5.91 Å². The third-order valence-electron chi connectivity index (χ3n) is 2.59. The quantitative estimate of drug-likeness (QED) is 0.706. The lowest BCUT2D eigenvalue weighted by atomic mass is 10.2. The highest BCUT2D eigenvalue weighted by atomic mass is 16.1. The molecule has 0 atom stereocenters. The molecule has 1 heterocycles. The van der Waals surface area contributed by atoms with Crippen molar-refractivity contribution in [2.75, 3.05) is 13.1 Å². The molecule has 1 rings (SSSR count). The van der Waals surface area contributed by atoms with Crippen LogP contribution in [0, 0.1) is 6.92 Å². The molecule has 0 spiro atoms. The molecule has 0 radical (unpaired) electrons. The molecule has 1 aromatic rings. The van der Waals surface area contributed by atoms with Crippen LogP contribution in [-0.4, -0.2) is 24.0 Å². The Morgan fingerprint density at radius 2 is 2.06 bits per heavy atom. The van der Waals surface area contributed by atoms with Gasteiger partial charge in [-0.15, -0.1) is 0 Å². The molecular formula is C13H21N3O. The van der Waals surface area contributed by atoms with E-state index in [1.807, 2.05) is 13.0 Å². The Hall–Kier alpha value is -1.42. The standard InChI is InChI=1S/C13H21N3O/c1-11-6-7-12(10-16-11)13(17)15-9-5-3-2-4-8-14/h6-7,10H,2-5,8-9,14H2,1H3,(H,15,17). The molecule has 0 unspecified atom stereocenters. The highest BCUT2D eigenvalue weighted by Crippen LogP contribution is 2.00. The predicted octanol–water partition coefficient (Wildman–Crippen LogP) is 1.64.